The smallest absolute Gasteiger partial charge is 0.435 e. The quantitative estimate of drug-likeness (QED) is 0.0864. The van der Waals surface area contributed by atoms with Gasteiger partial charge in [0.2, 0.25) is 12.2 Å². The summed E-state index contributed by atoms with van der Waals surface area (Å²) in [6, 6.07) is 22.2. The minimum atomic E-state index is -4.83. The first-order valence-electron chi connectivity index (χ1n) is 13.9. The SMILES string of the molecule is COc1ccc(Cc2c(C(F)(F)F)n[nH]c2O[C@@H]2O[C@H](COC(=O)c3ccccc3)[C@@H](F)[C@H](OC(=O)c3ccccc3)C2I)cc1. The number of aromatic amines is 1. The number of methoxy groups -OCH3 is 1. The number of rotatable bonds is 10. The van der Waals surface area contributed by atoms with Crippen molar-refractivity contribution in [3.63, 3.8) is 0 Å². The number of H-pyrrole nitrogens is 1. The molecule has 1 aliphatic rings. The Labute approximate surface area is 274 Å². The number of hydrogen-bond donors (Lipinski definition) is 1. The summed E-state index contributed by atoms with van der Waals surface area (Å²) in [5, 5.41) is 5.74. The number of hydrogen-bond acceptors (Lipinski definition) is 8. The van der Waals surface area contributed by atoms with E-state index >= 15 is 4.39 Å². The third-order valence-electron chi connectivity index (χ3n) is 7.06. The van der Waals surface area contributed by atoms with Gasteiger partial charge in [0.05, 0.1) is 23.8 Å². The van der Waals surface area contributed by atoms with E-state index in [2.05, 4.69) is 10.2 Å². The van der Waals surface area contributed by atoms with Crippen molar-refractivity contribution in [2.45, 2.75) is 41.2 Å². The average molecular weight is 754 g/mol. The maximum atomic E-state index is 16.0. The molecule has 2 heterocycles. The Morgan fingerprint density at radius 3 is 2.13 bits per heavy atom. The van der Waals surface area contributed by atoms with Crippen molar-refractivity contribution in [3.05, 3.63) is 113 Å². The van der Waals surface area contributed by atoms with Gasteiger partial charge in [0.25, 0.3) is 0 Å². The second kappa shape index (κ2) is 14.5. The summed E-state index contributed by atoms with van der Waals surface area (Å²) in [6.45, 7) is -0.604. The van der Waals surface area contributed by atoms with Crippen LogP contribution in [0.1, 0.15) is 37.5 Å². The predicted molar refractivity (Wildman–Crippen MR) is 164 cm³/mol. The van der Waals surface area contributed by atoms with E-state index in [1.165, 1.54) is 31.4 Å². The Balaban J connectivity index is 1.42. The van der Waals surface area contributed by atoms with E-state index < -0.39 is 59.0 Å². The molecule has 0 saturated carbocycles. The fraction of sp³-hybridized carbons (Fsp3) is 0.281. The molecular formula is C32H27F4IN2O7. The number of esters is 2. The third kappa shape index (κ3) is 7.78. The Hall–Kier alpha value is -4.18. The fourth-order valence-electron chi connectivity index (χ4n) is 4.71. The number of benzene rings is 3. The van der Waals surface area contributed by atoms with Crippen LogP contribution in [0.2, 0.25) is 0 Å². The zero-order chi connectivity index (χ0) is 32.8. The number of ether oxygens (including phenoxy) is 5. The van der Waals surface area contributed by atoms with Gasteiger partial charge in [0, 0.05) is 6.42 Å². The highest BCUT2D eigenvalue weighted by Gasteiger charge is 2.50. The molecule has 0 spiro atoms. The summed E-state index contributed by atoms with van der Waals surface area (Å²) < 4.78 is 84.6. The molecule has 1 unspecified atom stereocenters. The zero-order valence-electron chi connectivity index (χ0n) is 24.1. The van der Waals surface area contributed by atoms with Crippen LogP contribution in [-0.4, -0.2) is 64.4 Å². The van der Waals surface area contributed by atoms with Crippen LogP contribution < -0.4 is 9.47 Å². The predicted octanol–water partition coefficient (Wildman–Crippen LogP) is 6.36. The largest absolute Gasteiger partial charge is 0.497 e. The van der Waals surface area contributed by atoms with Gasteiger partial charge in [-0.1, -0.05) is 71.1 Å². The summed E-state index contributed by atoms with van der Waals surface area (Å²) >= 11 is 1.76. The summed E-state index contributed by atoms with van der Waals surface area (Å²) in [6.07, 6.45) is -11.5. The highest BCUT2D eigenvalue weighted by molar-refractivity contribution is 14.1. The molecule has 9 nitrogen and oxygen atoms in total. The minimum absolute atomic E-state index is 0.152. The van der Waals surface area contributed by atoms with E-state index in [4.69, 9.17) is 23.7 Å². The molecule has 0 bridgehead atoms. The van der Waals surface area contributed by atoms with Crippen LogP contribution in [0, 0.1) is 0 Å². The van der Waals surface area contributed by atoms with E-state index in [0.717, 1.165) is 0 Å². The van der Waals surface area contributed by atoms with Gasteiger partial charge in [0.15, 0.2) is 18.0 Å². The molecule has 1 saturated heterocycles. The van der Waals surface area contributed by atoms with Gasteiger partial charge >= 0.3 is 18.1 Å². The van der Waals surface area contributed by atoms with Crippen LogP contribution in [0.25, 0.3) is 0 Å². The Morgan fingerprint density at radius 2 is 1.54 bits per heavy atom. The monoisotopic (exact) mass is 754 g/mol. The maximum Gasteiger partial charge on any atom is 0.435 e. The Bertz CT molecular complexity index is 1620. The molecule has 46 heavy (non-hydrogen) atoms. The second-order valence-corrected chi connectivity index (χ2v) is 11.6. The van der Waals surface area contributed by atoms with E-state index in [1.807, 2.05) is 0 Å². The first kappa shape index (κ1) is 33.2. The normalized spacial score (nSPS) is 21.3. The fourth-order valence-corrected chi connectivity index (χ4v) is 5.57. The van der Waals surface area contributed by atoms with Crippen molar-refractivity contribution >= 4 is 34.5 Å². The molecule has 0 radical (unpaired) electrons. The van der Waals surface area contributed by atoms with Gasteiger partial charge in [0.1, 0.15) is 22.4 Å². The van der Waals surface area contributed by atoms with Crippen LogP contribution >= 0.6 is 22.6 Å². The molecule has 0 aliphatic carbocycles. The molecule has 1 aromatic heterocycles. The van der Waals surface area contributed by atoms with Crippen molar-refractivity contribution in [3.8, 4) is 11.6 Å². The van der Waals surface area contributed by atoms with Crippen LogP contribution in [0.3, 0.4) is 0 Å². The van der Waals surface area contributed by atoms with E-state index in [0.29, 0.717) is 11.3 Å². The lowest BCUT2D eigenvalue weighted by Crippen LogP contribution is -2.58. The summed E-state index contributed by atoms with van der Waals surface area (Å²) in [5.41, 5.74) is -0.669. The molecule has 1 fully saturated rings. The van der Waals surface area contributed by atoms with Gasteiger partial charge in [-0.3, -0.25) is 0 Å². The summed E-state index contributed by atoms with van der Waals surface area (Å²) in [4.78, 5) is 25.5. The van der Waals surface area contributed by atoms with Crippen molar-refractivity contribution in [1.29, 1.82) is 0 Å². The van der Waals surface area contributed by atoms with Crippen molar-refractivity contribution < 1.29 is 50.8 Å². The van der Waals surface area contributed by atoms with Crippen LogP contribution in [0.5, 0.6) is 11.6 Å². The third-order valence-corrected chi connectivity index (χ3v) is 8.36. The number of carbonyl (C=O) groups excluding carboxylic acids is 2. The molecule has 242 valence electrons. The molecule has 5 rings (SSSR count). The number of nitrogens with zero attached hydrogens (tertiary/aromatic N) is 1. The Kier molecular flexibility index (Phi) is 10.5. The van der Waals surface area contributed by atoms with Crippen molar-refractivity contribution in [2.75, 3.05) is 13.7 Å². The van der Waals surface area contributed by atoms with E-state index in [-0.39, 0.29) is 29.0 Å². The Morgan fingerprint density at radius 1 is 0.935 bits per heavy atom. The number of carbonyl (C=O) groups is 2. The maximum absolute atomic E-state index is 16.0. The first-order chi connectivity index (χ1) is 22.0. The van der Waals surface area contributed by atoms with Gasteiger partial charge < -0.3 is 23.7 Å². The highest BCUT2D eigenvalue weighted by Crippen LogP contribution is 2.38. The first-order valence-corrected chi connectivity index (χ1v) is 15.2. The number of halogens is 5. The van der Waals surface area contributed by atoms with Gasteiger partial charge in [-0.25, -0.2) is 19.1 Å². The second-order valence-electron chi connectivity index (χ2n) is 10.2. The average Bonchev–Trinajstić information content (AvgIpc) is 3.47. The zero-order valence-corrected chi connectivity index (χ0v) is 26.2. The lowest BCUT2D eigenvalue weighted by Gasteiger charge is -2.40. The van der Waals surface area contributed by atoms with E-state index in [1.54, 1.807) is 83.3 Å². The molecule has 5 atom stereocenters. The molecule has 4 aromatic rings. The summed E-state index contributed by atoms with van der Waals surface area (Å²) in [7, 11) is 1.46. The van der Waals surface area contributed by atoms with Gasteiger partial charge in [-0.2, -0.15) is 18.3 Å². The van der Waals surface area contributed by atoms with E-state index in [9.17, 15) is 22.8 Å². The van der Waals surface area contributed by atoms with Crippen LogP contribution in [-0.2, 0) is 26.8 Å². The molecular weight excluding hydrogens is 727 g/mol. The van der Waals surface area contributed by atoms with Crippen molar-refractivity contribution in [2.24, 2.45) is 0 Å². The number of alkyl halides is 5. The molecule has 1 aliphatic heterocycles. The lowest BCUT2D eigenvalue weighted by atomic mass is 10.0. The van der Waals surface area contributed by atoms with Crippen molar-refractivity contribution in [1.82, 2.24) is 10.2 Å². The number of aromatic nitrogens is 2. The topological polar surface area (TPSA) is 109 Å². The van der Waals surface area contributed by atoms with Crippen LogP contribution in [0.15, 0.2) is 84.9 Å². The number of nitrogens with one attached hydrogen (secondary N) is 1. The lowest BCUT2D eigenvalue weighted by molar-refractivity contribution is -0.207. The van der Waals surface area contributed by atoms with Gasteiger partial charge in [-0.05, 0) is 42.0 Å². The molecule has 14 heteroatoms. The minimum Gasteiger partial charge on any atom is -0.497 e. The molecule has 0 amide bonds. The highest BCUT2D eigenvalue weighted by atomic mass is 127. The molecule has 3 aromatic carbocycles. The standard InChI is InChI=1S/C32H27F4IN2O7/c1-42-21-14-12-18(13-15-21)16-22-27(32(34,35)36)38-39-28(22)46-31-25(37)26(45-30(41)20-10-6-3-7-11-20)24(33)23(44-31)17-43-29(40)19-8-4-2-5-9-19/h2-15,23-26,31H,16-17H2,1H3,(H,38,39)/t23-,24-,25?,26+,31+/m1/s1. The van der Waals surface area contributed by atoms with Gasteiger partial charge in [-0.15, -0.1) is 0 Å². The van der Waals surface area contributed by atoms with Crippen LogP contribution in [0.4, 0.5) is 17.6 Å². The summed E-state index contributed by atoms with van der Waals surface area (Å²) in [5.74, 6) is -1.45. The molecule has 1 N–H and O–H groups in total.